The molecular weight excluding hydrogens is 368 g/mol. The van der Waals surface area contributed by atoms with Crippen LogP contribution in [0.3, 0.4) is 0 Å². The third-order valence-electron chi connectivity index (χ3n) is 5.59. The van der Waals surface area contributed by atoms with Crippen molar-refractivity contribution in [3.63, 3.8) is 0 Å². The Hall–Kier alpha value is -1.57. The predicted octanol–water partition coefficient (Wildman–Crippen LogP) is 2.14. The molecule has 0 saturated carbocycles. The number of aliphatic imine (C=N–C) groups is 1. The van der Waals surface area contributed by atoms with Gasteiger partial charge in [-0.1, -0.05) is 13.8 Å². The lowest BCUT2D eigenvalue weighted by molar-refractivity contribution is 0.0143. The Balaban J connectivity index is 1.56. The van der Waals surface area contributed by atoms with Gasteiger partial charge in [-0.15, -0.1) is 0 Å². The zero-order chi connectivity index (χ0) is 20.3. The molecule has 0 spiro atoms. The fraction of sp³-hybridized carbons (Fsp3) is 0.773. The molecular formula is C22H38N4O3. The van der Waals surface area contributed by atoms with Crippen molar-refractivity contribution in [1.82, 2.24) is 15.5 Å². The minimum Gasteiger partial charge on any atom is -0.469 e. The number of hydrogen-bond acceptors (Lipinski definition) is 5. The highest BCUT2D eigenvalue weighted by Crippen LogP contribution is 2.14. The van der Waals surface area contributed by atoms with E-state index in [1.54, 1.807) is 6.26 Å². The number of nitrogens with zero attached hydrogens (tertiary/aromatic N) is 2. The summed E-state index contributed by atoms with van der Waals surface area (Å²) < 4.78 is 16.5. The van der Waals surface area contributed by atoms with E-state index in [-0.39, 0.29) is 0 Å². The van der Waals surface area contributed by atoms with Gasteiger partial charge in [0.1, 0.15) is 5.76 Å². The van der Waals surface area contributed by atoms with Crippen LogP contribution in [0.1, 0.15) is 32.4 Å². The first-order valence-electron chi connectivity index (χ1n) is 11.1. The summed E-state index contributed by atoms with van der Waals surface area (Å²) in [5.41, 5.74) is 0. The van der Waals surface area contributed by atoms with Crippen LogP contribution in [0.2, 0.25) is 0 Å². The quantitative estimate of drug-likeness (QED) is 0.458. The molecule has 1 aromatic rings. The van der Waals surface area contributed by atoms with E-state index in [1.807, 2.05) is 12.1 Å². The monoisotopic (exact) mass is 406 g/mol. The molecule has 0 amide bonds. The summed E-state index contributed by atoms with van der Waals surface area (Å²) in [6.45, 7) is 12.5. The van der Waals surface area contributed by atoms with Gasteiger partial charge in [0.05, 0.1) is 32.6 Å². The van der Waals surface area contributed by atoms with E-state index in [0.717, 1.165) is 90.1 Å². The molecule has 0 radical (unpaired) electrons. The second-order valence-electron chi connectivity index (χ2n) is 8.49. The maximum absolute atomic E-state index is 5.54. The highest BCUT2D eigenvalue weighted by Gasteiger charge is 2.22. The number of ether oxygens (including phenoxy) is 2. The van der Waals surface area contributed by atoms with Crippen LogP contribution in [-0.2, 0) is 15.9 Å². The molecule has 164 valence electrons. The van der Waals surface area contributed by atoms with Crippen LogP contribution in [0.4, 0.5) is 0 Å². The summed E-state index contributed by atoms with van der Waals surface area (Å²) in [6.07, 6.45) is 4.84. The van der Waals surface area contributed by atoms with E-state index in [9.17, 15) is 0 Å². The largest absolute Gasteiger partial charge is 0.469 e. The van der Waals surface area contributed by atoms with E-state index in [0.29, 0.717) is 17.9 Å². The fourth-order valence-corrected chi connectivity index (χ4v) is 3.94. The average molecular weight is 407 g/mol. The number of furan rings is 1. The Morgan fingerprint density at radius 3 is 2.76 bits per heavy atom. The molecule has 2 N–H and O–H groups in total. The number of rotatable bonds is 10. The summed E-state index contributed by atoms with van der Waals surface area (Å²) in [5, 5.41) is 7.03. The first kappa shape index (κ1) is 22.1. The van der Waals surface area contributed by atoms with E-state index in [1.165, 1.54) is 0 Å². The molecule has 29 heavy (non-hydrogen) atoms. The third-order valence-corrected chi connectivity index (χ3v) is 5.59. The normalized spacial score (nSPS) is 22.2. The predicted molar refractivity (Wildman–Crippen MR) is 115 cm³/mol. The molecule has 2 unspecified atom stereocenters. The van der Waals surface area contributed by atoms with Crippen molar-refractivity contribution < 1.29 is 13.9 Å². The Morgan fingerprint density at radius 2 is 2.07 bits per heavy atom. The van der Waals surface area contributed by atoms with Gasteiger partial charge >= 0.3 is 0 Å². The van der Waals surface area contributed by atoms with Crippen LogP contribution in [-0.4, -0.2) is 76.1 Å². The maximum Gasteiger partial charge on any atom is 0.191 e. The van der Waals surface area contributed by atoms with Gasteiger partial charge in [0.25, 0.3) is 0 Å². The van der Waals surface area contributed by atoms with Gasteiger partial charge in [-0.2, -0.15) is 0 Å². The van der Waals surface area contributed by atoms with Gasteiger partial charge in [-0.3, -0.25) is 9.89 Å². The van der Waals surface area contributed by atoms with Gasteiger partial charge in [-0.25, -0.2) is 0 Å². The van der Waals surface area contributed by atoms with Gasteiger partial charge in [-0.05, 0) is 30.9 Å². The van der Waals surface area contributed by atoms with Gasteiger partial charge in [0.2, 0.25) is 0 Å². The van der Waals surface area contributed by atoms with E-state index in [4.69, 9.17) is 18.9 Å². The van der Waals surface area contributed by atoms with Gasteiger partial charge < -0.3 is 24.5 Å². The second-order valence-corrected chi connectivity index (χ2v) is 8.49. The number of morpholine rings is 1. The topological polar surface area (TPSA) is 71.3 Å². The van der Waals surface area contributed by atoms with Crippen LogP contribution < -0.4 is 10.6 Å². The van der Waals surface area contributed by atoms with Crippen molar-refractivity contribution in [2.24, 2.45) is 16.8 Å². The molecule has 1 aromatic heterocycles. The minimum absolute atomic E-state index is 0.456. The Bertz CT molecular complexity index is 579. The standard InChI is InChI=1S/C22H38N4O3/c1-18(2)14-20(26-8-12-27-13-9-26)16-25-22(24-15-19-6-11-28-17-19)23-7-5-21-4-3-10-29-21/h3-4,10,18-20H,5-9,11-17H2,1-2H3,(H2,23,24,25). The number of hydrogen-bond donors (Lipinski definition) is 2. The van der Waals surface area contributed by atoms with Crippen molar-refractivity contribution >= 4 is 5.96 Å². The molecule has 0 aromatic carbocycles. The van der Waals surface area contributed by atoms with E-state index < -0.39 is 0 Å². The van der Waals surface area contributed by atoms with Gasteiger partial charge in [0, 0.05) is 51.2 Å². The highest BCUT2D eigenvalue weighted by molar-refractivity contribution is 5.79. The second kappa shape index (κ2) is 12.2. The molecule has 2 fully saturated rings. The smallest absolute Gasteiger partial charge is 0.191 e. The summed E-state index contributed by atoms with van der Waals surface area (Å²) in [5.74, 6) is 3.10. The molecule has 3 rings (SSSR count). The number of nitrogens with one attached hydrogen (secondary N) is 2. The van der Waals surface area contributed by atoms with Gasteiger partial charge in [0.15, 0.2) is 5.96 Å². The summed E-state index contributed by atoms with van der Waals surface area (Å²) in [7, 11) is 0. The molecule has 0 bridgehead atoms. The molecule has 7 nitrogen and oxygen atoms in total. The van der Waals surface area contributed by atoms with Crippen LogP contribution in [0.25, 0.3) is 0 Å². The molecule has 3 heterocycles. The molecule has 2 aliphatic rings. The first-order chi connectivity index (χ1) is 14.2. The van der Waals surface area contributed by atoms with Crippen molar-refractivity contribution in [1.29, 1.82) is 0 Å². The van der Waals surface area contributed by atoms with E-state index >= 15 is 0 Å². The van der Waals surface area contributed by atoms with E-state index in [2.05, 4.69) is 29.4 Å². The minimum atomic E-state index is 0.456. The van der Waals surface area contributed by atoms with Crippen LogP contribution >= 0.6 is 0 Å². The van der Waals surface area contributed by atoms with Crippen molar-refractivity contribution in [3.05, 3.63) is 24.2 Å². The molecule has 2 atom stereocenters. The molecule has 2 saturated heterocycles. The Labute approximate surface area is 175 Å². The zero-order valence-corrected chi connectivity index (χ0v) is 18.1. The average Bonchev–Trinajstić information content (AvgIpc) is 3.43. The third kappa shape index (κ3) is 7.99. The van der Waals surface area contributed by atoms with Crippen molar-refractivity contribution in [2.45, 2.75) is 39.2 Å². The molecule has 0 aliphatic carbocycles. The fourth-order valence-electron chi connectivity index (χ4n) is 3.94. The highest BCUT2D eigenvalue weighted by atomic mass is 16.5. The zero-order valence-electron chi connectivity index (χ0n) is 18.1. The number of guanidine groups is 1. The van der Waals surface area contributed by atoms with Crippen LogP contribution in [0, 0.1) is 11.8 Å². The summed E-state index contributed by atoms with van der Waals surface area (Å²) >= 11 is 0. The van der Waals surface area contributed by atoms with Crippen molar-refractivity contribution in [3.8, 4) is 0 Å². The lowest BCUT2D eigenvalue weighted by Crippen LogP contribution is -2.47. The van der Waals surface area contributed by atoms with Crippen molar-refractivity contribution in [2.75, 3.05) is 59.2 Å². The molecule has 2 aliphatic heterocycles. The maximum atomic E-state index is 5.54. The lowest BCUT2D eigenvalue weighted by Gasteiger charge is -2.34. The Morgan fingerprint density at radius 1 is 1.21 bits per heavy atom. The SMILES string of the molecule is CC(C)CC(CN=C(NCCc1ccco1)NCC1CCOC1)N1CCOCC1. The summed E-state index contributed by atoms with van der Waals surface area (Å²) in [4.78, 5) is 7.51. The summed E-state index contributed by atoms with van der Waals surface area (Å²) in [6, 6.07) is 4.40. The lowest BCUT2D eigenvalue weighted by atomic mass is 10.0. The first-order valence-corrected chi connectivity index (χ1v) is 11.1. The van der Waals surface area contributed by atoms with Crippen LogP contribution in [0.5, 0.6) is 0 Å². The molecule has 7 heteroatoms. The Kier molecular flexibility index (Phi) is 9.31. The van der Waals surface area contributed by atoms with Crippen LogP contribution in [0.15, 0.2) is 27.8 Å².